The number of hydrogen-bond donors (Lipinski definition) is 1. The SMILES string of the molecule is COCCCn1c(SCc2cc(=O)n3[nH]cnc3n2)nc2cc(Cl)ccc2c1=O. The number of aromatic amines is 1. The Hall–Kier alpha value is -2.69. The molecule has 0 atom stereocenters. The van der Waals surface area contributed by atoms with Crippen molar-refractivity contribution in [3.63, 3.8) is 0 Å². The van der Waals surface area contributed by atoms with Crippen molar-refractivity contribution >= 4 is 40.0 Å². The third-order valence-electron chi connectivity index (χ3n) is 4.28. The predicted octanol–water partition coefficient (Wildman–Crippen LogP) is 2.11. The van der Waals surface area contributed by atoms with Crippen molar-refractivity contribution in [2.24, 2.45) is 0 Å². The third-order valence-corrected chi connectivity index (χ3v) is 5.53. The number of aromatic nitrogens is 6. The van der Waals surface area contributed by atoms with Crippen molar-refractivity contribution in [2.75, 3.05) is 13.7 Å². The van der Waals surface area contributed by atoms with E-state index in [2.05, 4.69) is 20.1 Å². The molecule has 0 radical (unpaired) electrons. The molecule has 1 aromatic carbocycles. The Labute approximate surface area is 173 Å². The zero-order chi connectivity index (χ0) is 20.4. The van der Waals surface area contributed by atoms with E-state index in [1.807, 2.05) is 0 Å². The second-order valence-electron chi connectivity index (χ2n) is 6.26. The van der Waals surface area contributed by atoms with E-state index in [4.69, 9.17) is 16.3 Å². The highest BCUT2D eigenvalue weighted by Crippen LogP contribution is 2.23. The van der Waals surface area contributed by atoms with E-state index >= 15 is 0 Å². The number of hydrogen-bond acceptors (Lipinski definition) is 7. The summed E-state index contributed by atoms with van der Waals surface area (Å²) in [4.78, 5) is 38.1. The molecule has 0 spiro atoms. The van der Waals surface area contributed by atoms with Crippen molar-refractivity contribution < 1.29 is 4.74 Å². The summed E-state index contributed by atoms with van der Waals surface area (Å²) in [5.41, 5.74) is 0.694. The van der Waals surface area contributed by atoms with Gasteiger partial charge in [0.1, 0.15) is 6.33 Å². The summed E-state index contributed by atoms with van der Waals surface area (Å²) in [6.45, 7) is 0.998. The maximum Gasteiger partial charge on any atom is 0.274 e. The molecule has 4 rings (SSSR count). The molecule has 3 aromatic heterocycles. The normalized spacial score (nSPS) is 11.5. The van der Waals surface area contributed by atoms with Crippen LogP contribution in [-0.4, -0.2) is 42.8 Å². The average Bonchev–Trinajstić information content (AvgIpc) is 3.17. The van der Waals surface area contributed by atoms with Crippen LogP contribution in [0.25, 0.3) is 16.7 Å². The van der Waals surface area contributed by atoms with Crippen LogP contribution in [0.2, 0.25) is 5.02 Å². The second-order valence-corrected chi connectivity index (χ2v) is 7.64. The van der Waals surface area contributed by atoms with Crippen molar-refractivity contribution in [3.8, 4) is 0 Å². The van der Waals surface area contributed by atoms with Gasteiger partial charge < -0.3 is 4.74 Å². The number of fused-ring (bicyclic) bond motifs is 2. The molecule has 29 heavy (non-hydrogen) atoms. The van der Waals surface area contributed by atoms with Crippen molar-refractivity contribution in [3.05, 3.63) is 62.0 Å². The highest BCUT2D eigenvalue weighted by Gasteiger charge is 2.13. The minimum absolute atomic E-state index is 0.138. The van der Waals surface area contributed by atoms with Gasteiger partial charge in [0.2, 0.25) is 0 Å². The number of nitrogens with zero attached hydrogens (tertiary/aromatic N) is 5. The number of rotatable bonds is 7. The fraction of sp³-hybridized carbons (Fsp3) is 0.278. The van der Waals surface area contributed by atoms with Crippen molar-refractivity contribution in [2.45, 2.75) is 23.9 Å². The van der Waals surface area contributed by atoms with Crippen molar-refractivity contribution in [1.29, 1.82) is 0 Å². The van der Waals surface area contributed by atoms with E-state index in [-0.39, 0.29) is 11.1 Å². The molecular weight excluding hydrogens is 416 g/mol. The molecule has 0 bridgehead atoms. The molecule has 4 aromatic rings. The first-order valence-electron chi connectivity index (χ1n) is 8.81. The summed E-state index contributed by atoms with van der Waals surface area (Å²) in [7, 11) is 1.62. The van der Waals surface area contributed by atoms with Gasteiger partial charge in [-0.25, -0.2) is 15.0 Å². The molecule has 0 aliphatic carbocycles. The molecule has 0 saturated heterocycles. The van der Waals surface area contributed by atoms with Crippen LogP contribution in [0.4, 0.5) is 0 Å². The fourth-order valence-electron chi connectivity index (χ4n) is 2.93. The zero-order valence-corrected chi connectivity index (χ0v) is 17.0. The van der Waals surface area contributed by atoms with Crippen LogP contribution in [-0.2, 0) is 17.0 Å². The van der Waals surface area contributed by atoms with Gasteiger partial charge in [-0.15, -0.1) is 0 Å². The number of H-pyrrole nitrogens is 1. The Morgan fingerprint density at radius 1 is 1.24 bits per heavy atom. The average molecular weight is 433 g/mol. The molecular formula is C18H17ClN6O3S. The van der Waals surface area contributed by atoms with Gasteiger partial charge in [-0.3, -0.25) is 19.3 Å². The Bertz CT molecular complexity index is 1300. The maximum absolute atomic E-state index is 13.0. The van der Waals surface area contributed by atoms with E-state index in [1.54, 1.807) is 29.9 Å². The standard InChI is InChI=1S/C18H17ClN6O3S/c1-28-6-2-5-24-16(27)13-4-3-11(19)7-14(13)23-18(24)29-9-12-8-15(26)25-17(22-12)20-10-21-25/h3-4,7-8,10H,2,5-6,9H2,1H3,(H,20,21,22). The quantitative estimate of drug-likeness (QED) is 0.270. The van der Waals surface area contributed by atoms with E-state index in [0.29, 0.717) is 57.9 Å². The number of nitrogens with one attached hydrogen (secondary N) is 1. The minimum atomic E-state index is -0.251. The van der Waals surface area contributed by atoms with E-state index in [1.165, 1.54) is 28.7 Å². The summed E-state index contributed by atoms with van der Waals surface area (Å²) in [5.74, 6) is 0.658. The lowest BCUT2D eigenvalue weighted by atomic mass is 10.2. The van der Waals surface area contributed by atoms with Gasteiger partial charge in [0.25, 0.3) is 16.9 Å². The van der Waals surface area contributed by atoms with Gasteiger partial charge in [0.15, 0.2) is 5.16 Å². The van der Waals surface area contributed by atoms with Gasteiger partial charge in [-0.1, -0.05) is 23.4 Å². The Balaban J connectivity index is 1.70. The first-order valence-corrected chi connectivity index (χ1v) is 10.2. The van der Waals surface area contributed by atoms with Crippen LogP contribution in [0, 0.1) is 0 Å². The molecule has 0 unspecified atom stereocenters. The van der Waals surface area contributed by atoms with Crippen LogP contribution in [0.3, 0.4) is 0 Å². The summed E-state index contributed by atoms with van der Waals surface area (Å²) in [6.07, 6.45) is 2.08. The number of halogens is 1. The lowest BCUT2D eigenvalue weighted by molar-refractivity contribution is 0.189. The monoisotopic (exact) mass is 432 g/mol. The number of benzene rings is 1. The first kappa shape index (κ1) is 19.6. The van der Waals surface area contributed by atoms with Crippen LogP contribution >= 0.6 is 23.4 Å². The fourth-order valence-corrected chi connectivity index (χ4v) is 4.01. The van der Waals surface area contributed by atoms with Gasteiger partial charge >= 0.3 is 0 Å². The molecule has 0 amide bonds. The van der Waals surface area contributed by atoms with Crippen LogP contribution in [0.1, 0.15) is 12.1 Å². The molecule has 0 aliphatic heterocycles. The predicted molar refractivity (Wildman–Crippen MR) is 111 cm³/mol. The summed E-state index contributed by atoms with van der Waals surface area (Å²) < 4.78 is 7.99. The summed E-state index contributed by atoms with van der Waals surface area (Å²) in [6, 6.07) is 6.46. The number of thioether (sulfide) groups is 1. The van der Waals surface area contributed by atoms with Crippen molar-refractivity contribution in [1.82, 2.24) is 29.1 Å². The van der Waals surface area contributed by atoms with Gasteiger partial charge in [0.05, 0.1) is 16.6 Å². The molecule has 11 heteroatoms. The largest absolute Gasteiger partial charge is 0.385 e. The smallest absolute Gasteiger partial charge is 0.274 e. The zero-order valence-electron chi connectivity index (χ0n) is 15.5. The lowest BCUT2D eigenvalue weighted by Gasteiger charge is -2.13. The number of methoxy groups -OCH3 is 1. The topological polar surface area (TPSA) is 107 Å². The maximum atomic E-state index is 13.0. The van der Waals surface area contributed by atoms with Crippen LogP contribution < -0.4 is 11.1 Å². The van der Waals surface area contributed by atoms with Crippen LogP contribution in [0.15, 0.2) is 45.3 Å². The highest BCUT2D eigenvalue weighted by molar-refractivity contribution is 7.98. The molecule has 3 heterocycles. The van der Waals surface area contributed by atoms with Crippen LogP contribution in [0.5, 0.6) is 0 Å². The van der Waals surface area contributed by atoms with Gasteiger partial charge in [-0.2, -0.15) is 4.52 Å². The Morgan fingerprint density at radius 3 is 2.93 bits per heavy atom. The summed E-state index contributed by atoms with van der Waals surface area (Å²) >= 11 is 7.40. The molecule has 150 valence electrons. The highest BCUT2D eigenvalue weighted by atomic mass is 35.5. The number of ether oxygens (including phenoxy) is 1. The second kappa shape index (κ2) is 8.36. The summed E-state index contributed by atoms with van der Waals surface area (Å²) in [5, 5.41) is 4.25. The van der Waals surface area contributed by atoms with E-state index < -0.39 is 0 Å². The van der Waals surface area contributed by atoms with E-state index in [0.717, 1.165) is 0 Å². The lowest BCUT2D eigenvalue weighted by Crippen LogP contribution is -2.24. The Morgan fingerprint density at radius 2 is 2.10 bits per heavy atom. The first-order chi connectivity index (χ1) is 14.1. The Kier molecular flexibility index (Phi) is 5.65. The van der Waals surface area contributed by atoms with E-state index in [9.17, 15) is 9.59 Å². The molecule has 0 fully saturated rings. The van der Waals surface area contributed by atoms with Gasteiger partial charge in [-0.05, 0) is 24.6 Å². The minimum Gasteiger partial charge on any atom is -0.385 e. The molecule has 0 aliphatic rings. The molecule has 0 saturated carbocycles. The molecule has 9 nitrogen and oxygen atoms in total. The molecule has 1 N–H and O–H groups in total. The van der Waals surface area contributed by atoms with Gasteiger partial charge in [0, 0.05) is 37.1 Å². The third kappa shape index (κ3) is 4.04.